The Kier molecular flexibility index (Phi) is 3.47. The van der Waals surface area contributed by atoms with Gasteiger partial charge in [-0.15, -0.1) is 10.2 Å². The molecule has 6 heteroatoms. The second kappa shape index (κ2) is 5.29. The maximum atomic E-state index is 12.1. The molecular formula is C15H15N3O2S. The molecule has 3 aromatic rings. The van der Waals surface area contributed by atoms with Crippen LogP contribution in [0.2, 0.25) is 0 Å². The fourth-order valence-electron chi connectivity index (χ4n) is 2.44. The van der Waals surface area contributed by atoms with Gasteiger partial charge in [0.05, 0.1) is 12.7 Å². The Balaban J connectivity index is 1.83. The molecule has 0 aliphatic heterocycles. The summed E-state index contributed by atoms with van der Waals surface area (Å²) in [5.74, 6) is -0.117. The number of amides is 1. The monoisotopic (exact) mass is 301 g/mol. The molecule has 0 aliphatic rings. The summed E-state index contributed by atoms with van der Waals surface area (Å²) < 4.78 is 5.56. The molecule has 2 aromatic heterocycles. The average Bonchev–Trinajstić information content (AvgIpc) is 2.96. The molecule has 0 saturated heterocycles. The van der Waals surface area contributed by atoms with Gasteiger partial charge in [0.15, 0.2) is 0 Å². The lowest BCUT2D eigenvalue weighted by atomic mass is 10.0. The number of rotatable bonds is 3. The molecule has 5 nitrogen and oxygen atoms in total. The van der Waals surface area contributed by atoms with E-state index < -0.39 is 0 Å². The van der Waals surface area contributed by atoms with Crippen molar-refractivity contribution in [3.63, 3.8) is 0 Å². The molecule has 0 aliphatic carbocycles. The van der Waals surface area contributed by atoms with Crippen LogP contribution in [0.1, 0.15) is 21.7 Å². The van der Waals surface area contributed by atoms with Crippen molar-refractivity contribution in [3.05, 3.63) is 40.1 Å². The predicted octanol–water partition coefficient (Wildman–Crippen LogP) is 3.39. The van der Waals surface area contributed by atoms with Crippen molar-refractivity contribution in [2.45, 2.75) is 27.2 Å². The molecular weight excluding hydrogens is 286 g/mol. The zero-order valence-electron chi connectivity index (χ0n) is 12.1. The number of fused-ring (bicyclic) bond motifs is 1. The highest BCUT2D eigenvalue weighted by Gasteiger charge is 2.14. The van der Waals surface area contributed by atoms with E-state index in [0.717, 1.165) is 32.7 Å². The fraction of sp³-hybridized carbons (Fsp3) is 0.267. The van der Waals surface area contributed by atoms with Crippen molar-refractivity contribution < 1.29 is 9.21 Å². The number of hydrogen-bond donors (Lipinski definition) is 1. The Bertz CT molecular complexity index is 820. The number of furan rings is 1. The number of aryl methyl sites for hydroxylation is 3. The first kappa shape index (κ1) is 13.8. The normalized spacial score (nSPS) is 11.0. The minimum Gasteiger partial charge on any atom is -0.464 e. The number of anilines is 1. The van der Waals surface area contributed by atoms with E-state index in [4.69, 9.17) is 4.42 Å². The average molecular weight is 301 g/mol. The number of aromatic nitrogens is 2. The third kappa shape index (κ3) is 2.80. The maximum absolute atomic E-state index is 12.1. The molecule has 0 atom stereocenters. The van der Waals surface area contributed by atoms with Crippen LogP contribution in [0.3, 0.4) is 0 Å². The van der Waals surface area contributed by atoms with Gasteiger partial charge in [0, 0.05) is 10.9 Å². The number of nitrogens with one attached hydrogen (secondary N) is 1. The lowest BCUT2D eigenvalue weighted by molar-refractivity contribution is -0.115. The first-order valence-electron chi connectivity index (χ1n) is 6.60. The lowest BCUT2D eigenvalue weighted by Gasteiger charge is -2.02. The van der Waals surface area contributed by atoms with Gasteiger partial charge >= 0.3 is 0 Å². The summed E-state index contributed by atoms with van der Waals surface area (Å²) in [4.78, 5) is 12.1. The van der Waals surface area contributed by atoms with Crippen molar-refractivity contribution in [2.75, 3.05) is 5.32 Å². The Labute approximate surface area is 126 Å². The molecule has 21 heavy (non-hydrogen) atoms. The van der Waals surface area contributed by atoms with Gasteiger partial charge in [0.2, 0.25) is 11.0 Å². The minimum absolute atomic E-state index is 0.117. The van der Waals surface area contributed by atoms with Crippen molar-refractivity contribution in [2.24, 2.45) is 0 Å². The van der Waals surface area contributed by atoms with Gasteiger partial charge in [-0.2, -0.15) is 0 Å². The van der Waals surface area contributed by atoms with Crippen LogP contribution in [0.4, 0.5) is 5.13 Å². The molecule has 0 unspecified atom stereocenters. The first-order chi connectivity index (χ1) is 10.0. The van der Waals surface area contributed by atoms with Crippen LogP contribution in [0, 0.1) is 20.8 Å². The van der Waals surface area contributed by atoms with Gasteiger partial charge in [-0.05, 0) is 38.0 Å². The molecule has 3 rings (SSSR count). The summed E-state index contributed by atoms with van der Waals surface area (Å²) in [6, 6.07) is 4.07. The standard InChI is InChI=1S/C15H15N3O2S/c1-8-4-9(2)14-11(7-20-12(14)5-8)6-13(19)16-15-18-17-10(3)21-15/h4-5,7H,6H2,1-3H3,(H,16,18,19). The van der Waals surface area contributed by atoms with Crippen LogP contribution in [0.25, 0.3) is 11.0 Å². The van der Waals surface area contributed by atoms with Gasteiger partial charge in [-0.1, -0.05) is 17.4 Å². The molecule has 0 spiro atoms. The molecule has 0 saturated carbocycles. The Morgan fingerprint density at radius 3 is 2.81 bits per heavy atom. The molecule has 1 amide bonds. The van der Waals surface area contributed by atoms with Crippen molar-refractivity contribution in [1.82, 2.24) is 10.2 Å². The second-order valence-electron chi connectivity index (χ2n) is 5.07. The molecule has 0 bridgehead atoms. The number of carbonyl (C=O) groups is 1. The highest BCUT2D eigenvalue weighted by atomic mass is 32.1. The van der Waals surface area contributed by atoms with Gasteiger partial charge < -0.3 is 9.73 Å². The maximum Gasteiger partial charge on any atom is 0.230 e. The Morgan fingerprint density at radius 2 is 2.10 bits per heavy atom. The third-order valence-electron chi connectivity index (χ3n) is 3.22. The van der Waals surface area contributed by atoms with Crippen molar-refractivity contribution in [1.29, 1.82) is 0 Å². The highest BCUT2D eigenvalue weighted by molar-refractivity contribution is 7.15. The van der Waals surface area contributed by atoms with Crippen LogP contribution < -0.4 is 5.32 Å². The Hall–Kier alpha value is -2.21. The Morgan fingerprint density at radius 1 is 1.29 bits per heavy atom. The van der Waals surface area contributed by atoms with E-state index >= 15 is 0 Å². The van der Waals surface area contributed by atoms with Crippen molar-refractivity contribution in [3.8, 4) is 0 Å². The first-order valence-corrected chi connectivity index (χ1v) is 7.42. The van der Waals surface area contributed by atoms with Crippen molar-refractivity contribution >= 4 is 33.3 Å². The smallest absolute Gasteiger partial charge is 0.230 e. The summed E-state index contributed by atoms with van der Waals surface area (Å²) in [7, 11) is 0. The van der Waals surface area contributed by atoms with Gasteiger partial charge in [0.25, 0.3) is 0 Å². The number of benzene rings is 1. The van der Waals surface area contributed by atoms with E-state index in [9.17, 15) is 4.79 Å². The zero-order chi connectivity index (χ0) is 15.0. The van der Waals surface area contributed by atoms with Crippen LogP contribution in [0.5, 0.6) is 0 Å². The van der Waals surface area contributed by atoms with E-state index in [1.54, 1.807) is 6.26 Å². The number of nitrogens with zero attached hydrogens (tertiary/aromatic N) is 2. The number of carbonyl (C=O) groups excluding carboxylic acids is 1. The zero-order valence-corrected chi connectivity index (χ0v) is 12.9. The molecule has 0 fully saturated rings. The highest BCUT2D eigenvalue weighted by Crippen LogP contribution is 2.27. The largest absolute Gasteiger partial charge is 0.464 e. The quantitative estimate of drug-likeness (QED) is 0.805. The summed E-state index contributed by atoms with van der Waals surface area (Å²) in [6.07, 6.45) is 1.91. The second-order valence-corrected chi connectivity index (χ2v) is 6.25. The van der Waals surface area contributed by atoms with Crippen LogP contribution >= 0.6 is 11.3 Å². The summed E-state index contributed by atoms with van der Waals surface area (Å²) >= 11 is 1.36. The lowest BCUT2D eigenvalue weighted by Crippen LogP contribution is -2.14. The van der Waals surface area contributed by atoms with E-state index in [1.807, 2.05) is 26.8 Å². The topological polar surface area (TPSA) is 68.0 Å². The minimum atomic E-state index is -0.117. The summed E-state index contributed by atoms with van der Waals surface area (Å²) in [5, 5.41) is 12.9. The van der Waals surface area contributed by atoms with Gasteiger partial charge in [0.1, 0.15) is 10.6 Å². The number of hydrogen-bond acceptors (Lipinski definition) is 5. The van der Waals surface area contributed by atoms with Gasteiger partial charge in [-0.25, -0.2) is 0 Å². The fourth-order valence-corrected chi connectivity index (χ4v) is 3.05. The van der Waals surface area contributed by atoms with Crippen LogP contribution in [-0.2, 0) is 11.2 Å². The predicted molar refractivity (Wildman–Crippen MR) is 82.7 cm³/mol. The van der Waals surface area contributed by atoms with E-state index in [1.165, 1.54) is 11.3 Å². The molecule has 0 radical (unpaired) electrons. The molecule has 2 heterocycles. The van der Waals surface area contributed by atoms with Crippen LogP contribution in [0.15, 0.2) is 22.8 Å². The SMILES string of the molecule is Cc1cc(C)c2c(CC(=O)Nc3nnc(C)s3)coc2c1. The van der Waals surface area contributed by atoms with Crippen LogP contribution in [-0.4, -0.2) is 16.1 Å². The van der Waals surface area contributed by atoms with E-state index in [0.29, 0.717) is 5.13 Å². The van der Waals surface area contributed by atoms with Gasteiger partial charge in [-0.3, -0.25) is 4.79 Å². The van der Waals surface area contributed by atoms with E-state index in [-0.39, 0.29) is 12.3 Å². The third-order valence-corrected chi connectivity index (χ3v) is 3.97. The molecule has 108 valence electrons. The summed E-state index contributed by atoms with van der Waals surface area (Å²) in [5.41, 5.74) is 3.98. The van der Waals surface area contributed by atoms with E-state index in [2.05, 4.69) is 21.6 Å². The molecule has 1 N–H and O–H groups in total. The summed E-state index contributed by atoms with van der Waals surface area (Å²) in [6.45, 7) is 5.90. The molecule has 1 aromatic carbocycles.